The molecule has 0 aliphatic carbocycles. The summed E-state index contributed by atoms with van der Waals surface area (Å²) in [6.07, 6.45) is 0. The van der Waals surface area contributed by atoms with E-state index < -0.39 is 0 Å². The molecule has 19 heavy (non-hydrogen) atoms. The molecule has 0 aliphatic heterocycles. The third-order valence-corrected chi connectivity index (χ3v) is 2.98. The van der Waals surface area contributed by atoms with Crippen molar-refractivity contribution in [3.05, 3.63) is 24.3 Å². The van der Waals surface area contributed by atoms with Crippen LogP contribution in [0.1, 0.15) is 13.8 Å². The number of hydrogen-bond donors (Lipinski definition) is 1. The zero-order valence-corrected chi connectivity index (χ0v) is 11.5. The van der Waals surface area contributed by atoms with Crippen LogP contribution in [-0.4, -0.2) is 35.0 Å². The van der Waals surface area contributed by atoms with E-state index in [2.05, 4.69) is 23.9 Å². The molecule has 0 spiro atoms. The standard InChI is InChI=1S/C13H19N5O/c1-4-17(5-2)13-15-12(14)18(16-13)10-8-6-7-9-11(10)19-3/h6-9H,4-5H2,1-3H3,(H2,14,15,16). The molecule has 0 fully saturated rings. The van der Waals surface area contributed by atoms with Crippen LogP contribution in [0.15, 0.2) is 24.3 Å². The first-order valence-corrected chi connectivity index (χ1v) is 6.32. The molecule has 102 valence electrons. The quantitative estimate of drug-likeness (QED) is 0.887. The average molecular weight is 261 g/mol. The molecule has 2 rings (SSSR count). The number of aromatic nitrogens is 3. The zero-order valence-electron chi connectivity index (χ0n) is 11.5. The second-order valence-corrected chi connectivity index (χ2v) is 4.03. The van der Waals surface area contributed by atoms with Crippen LogP contribution in [0.2, 0.25) is 0 Å². The van der Waals surface area contributed by atoms with Crippen molar-refractivity contribution >= 4 is 11.9 Å². The van der Waals surface area contributed by atoms with Gasteiger partial charge in [0, 0.05) is 13.1 Å². The van der Waals surface area contributed by atoms with Crippen molar-refractivity contribution < 1.29 is 4.74 Å². The van der Waals surface area contributed by atoms with Gasteiger partial charge in [0.2, 0.25) is 11.9 Å². The fourth-order valence-corrected chi connectivity index (χ4v) is 1.94. The predicted octanol–water partition coefficient (Wildman–Crippen LogP) is 1.70. The third kappa shape index (κ3) is 2.47. The highest BCUT2D eigenvalue weighted by Gasteiger charge is 2.15. The van der Waals surface area contributed by atoms with Gasteiger partial charge in [0.05, 0.1) is 7.11 Å². The molecule has 0 unspecified atom stereocenters. The SMILES string of the molecule is CCN(CC)c1nc(N)n(-c2ccccc2OC)n1. The van der Waals surface area contributed by atoms with Crippen molar-refractivity contribution in [1.29, 1.82) is 0 Å². The van der Waals surface area contributed by atoms with E-state index in [1.807, 2.05) is 29.2 Å². The first-order valence-electron chi connectivity index (χ1n) is 6.32. The lowest BCUT2D eigenvalue weighted by Gasteiger charge is -2.15. The molecular formula is C13H19N5O. The van der Waals surface area contributed by atoms with Crippen LogP contribution in [-0.2, 0) is 0 Å². The van der Waals surface area contributed by atoms with Crippen LogP contribution >= 0.6 is 0 Å². The molecule has 6 heteroatoms. The number of para-hydroxylation sites is 2. The Morgan fingerprint density at radius 1 is 1.26 bits per heavy atom. The zero-order chi connectivity index (χ0) is 13.8. The van der Waals surface area contributed by atoms with Gasteiger partial charge in [-0.25, -0.2) is 0 Å². The maximum absolute atomic E-state index is 5.95. The van der Waals surface area contributed by atoms with E-state index in [1.165, 1.54) is 0 Å². The lowest BCUT2D eigenvalue weighted by Crippen LogP contribution is -2.23. The highest BCUT2D eigenvalue weighted by atomic mass is 16.5. The monoisotopic (exact) mass is 261 g/mol. The number of nitrogens with zero attached hydrogens (tertiary/aromatic N) is 4. The van der Waals surface area contributed by atoms with E-state index >= 15 is 0 Å². The lowest BCUT2D eigenvalue weighted by molar-refractivity contribution is 0.412. The Hall–Kier alpha value is -2.24. The molecule has 0 atom stereocenters. The fourth-order valence-electron chi connectivity index (χ4n) is 1.94. The third-order valence-electron chi connectivity index (χ3n) is 2.98. The number of nitrogens with two attached hydrogens (primary N) is 1. The Morgan fingerprint density at radius 2 is 1.95 bits per heavy atom. The Labute approximate surface area is 112 Å². The van der Waals surface area contributed by atoms with Gasteiger partial charge in [-0.05, 0) is 26.0 Å². The first kappa shape index (κ1) is 13.2. The number of methoxy groups -OCH3 is 1. The molecule has 0 saturated heterocycles. The molecule has 1 aromatic heterocycles. The summed E-state index contributed by atoms with van der Waals surface area (Å²) in [7, 11) is 1.62. The molecule has 0 saturated carbocycles. The maximum atomic E-state index is 5.95. The van der Waals surface area contributed by atoms with Crippen LogP contribution in [0.3, 0.4) is 0 Å². The molecule has 1 heterocycles. The highest BCUT2D eigenvalue weighted by molar-refractivity contribution is 5.51. The summed E-state index contributed by atoms with van der Waals surface area (Å²) >= 11 is 0. The Bertz CT molecular complexity index is 548. The minimum absolute atomic E-state index is 0.353. The highest BCUT2D eigenvalue weighted by Crippen LogP contribution is 2.24. The lowest BCUT2D eigenvalue weighted by atomic mass is 10.3. The number of nitrogen functional groups attached to an aromatic ring is 1. The van der Waals surface area contributed by atoms with Gasteiger partial charge in [-0.1, -0.05) is 12.1 Å². The van der Waals surface area contributed by atoms with Gasteiger partial charge < -0.3 is 15.4 Å². The Balaban J connectivity index is 2.45. The van der Waals surface area contributed by atoms with E-state index in [9.17, 15) is 0 Å². The molecule has 0 radical (unpaired) electrons. The number of rotatable bonds is 5. The Morgan fingerprint density at radius 3 is 2.58 bits per heavy atom. The molecule has 6 nitrogen and oxygen atoms in total. The second kappa shape index (κ2) is 5.60. The van der Waals surface area contributed by atoms with Crippen molar-refractivity contribution in [3.63, 3.8) is 0 Å². The van der Waals surface area contributed by atoms with Crippen molar-refractivity contribution in [2.24, 2.45) is 0 Å². The molecule has 1 aromatic carbocycles. The summed E-state index contributed by atoms with van der Waals surface area (Å²) < 4.78 is 6.92. The molecule has 0 amide bonds. The summed E-state index contributed by atoms with van der Waals surface area (Å²) in [4.78, 5) is 6.35. The van der Waals surface area contributed by atoms with Gasteiger partial charge in [0.1, 0.15) is 11.4 Å². The van der Waals surface area contributed by atoms with Gasteiger partial charge in [-0.15, -0.1) is 5.10 Å². The van der Waals surface area contributed by atoms with Crippen molar-refractivity contribution in [2.75, 3.05) is 30.8 Å². The molecule has 2 N–H and O–H groups in total. The number of hydrogen-bond acceptors (Lipinski definition) is 5. The van der Waals surface area contributed by atoms with E-state index in [4.69, 9.17) is 10.5 Å². The smallest absolute Gasteiger partial charge is 0.246 e. The molecular weight excluding hydrogens is 242 g/mol. The van der Waals surface area contributed by atoms with Gasteiger partial charge in [0.25, 0.3) is 0 Å². The number of ether oxygens (including phenoxy) is 1. The van der Waals surface area contributed by atoms with E-state index in [1.54, 1.807) is 11.8 Å². The van der Waals surface area contributed by atoms with Crippen LogP contribution in [0.4, 0.5) is 11.9 Å². The van der Waals surface area contributed by atoms with Gasteiger partial charge in [-0.2, -0.15) is 9.67 Å². The number of anilines is 2. The minimum atomic E-state index is 0.353. The summed E-state index contributed by atoms with van der Waals surface area (Å²) in [6, 6.07) is 7.58. The van der Waals surface area contributed by atoms with E-state index in [-0.39, 0.29) is 0 Å². The predicted molar refractivity (Wildman–Crippen MR) is 75.9 cm³/mol. The largest absolute Gasteiger partial charge is 0.494 e. The van der Waals surface area contributed by atoms with Crippen molar-refractivity contribution in [2.45, 2.75) is 13.8 Å². The van der Waals surface area contributed by atoms with Gasteiger partial charge in [-0.3, -0.25) is 0 Å². The van der Waals surface area contributed by atoms with E-state index in [0.29, 0.717) is 17.6 Å². The Kier molecular flexibility index (Phi) is 3.89. The van der Waals surface area contributed by atoms with Crippen LogP contribution in [0, 0.1) is 0 Å². The van der Waals surface area contributed by atoms with Gasteiger partial charge >= 0.3 is 0 Å². The maximum Gasteiger partial charge on any atom is 0.246 e. The normalized spacial score (nSPS) is 10.5. The van der Waals surface area contributed by atoms with Crippen molar-refractivity contribution in [3.8, 4) is 11.4 Å². The summed E-state index contributed by atoms with van der Waals surface area (Å²) in [5.74, 6) is 1.70. The van der Waals surface area contributed by atoms with Gasteiger partial charge in [0.15, 0.2) is 0 Å². The minimum Gasteiger partial charge on any atom is -0.494 e. The fraction of sp³-hybridized carbons (Fsp3) is 0.385. The number of benzene rings is 1. The van der Waals surface area contributed by atoms with E-state index in [0.717, 1.165) is 18.8 Å². The summed E-state index contributed by atoms with van der Waals surface area (Å²) in [5.41, 5.74) is 6.74. The second-order valence-electron chi connectivity index (χ2n) is 4.03. The van der Waals surface area contributed by atoms with Crippen LogP contribution in [0.5, 0.6) is 5.75 Å². The molecule has 0 aliphatic rings. The molecule has 0 bridgehead atoms. The topological polar surface area (TPSA) is 69.2 Å². The summed E-state index contributed by atoms with van der Waals surface area (Å²) in [6.45, 7) is 5.80. The molecule has 2 aromatic rings. The van der Waals surface area contributed by atoms with Crippen LogP contribution < -0.4 is 15.4 Å². The average Bonchev–Trinajstić information content (AvgIpc) is 2.82. The summed E-state index contributed by atoms with van der Waals surface area (Å²) in [5, 5.41) is 4.46. The van der Waals surface area contributed by atoms with Crippen molar-refractivity contribution in [1.82, 2.24) is 14.8 Å². The first-order chi connectivity index (χ1) is 9.21. The van der Waals surface area contributed by atoms with Crippen LogP contribution in [0.25, 0.3) is 5.69 Å².